The molecule has 0 aliphatic heterocycles. The van der Waals surface area contributed by atoms with E-state index in [-0.39, 0.29) is 11.3 Å². The Morgan fingerprint density at radius 3 is 2.25 bits per heavy atom. The van der Waals surface area contributed by atoms with Crippen LogP contribution in [0.15, 0.2) is 12.2 Å². The first-order valence-electron chi connectivity index (χ1n) is 1.84. The molecule has 45 valence electrons. The first kappa shape index (κ1) is 7.36. The second kappa shape index (κ2) is 3.37. The molecule has 4 heteroatoms. The summed E-state index contributed by atoms with van der Waals surface area (Å²) in [4.78, 5) is 9.55. The molecule has 0 N–H and O–H groups in total. The van der Waals surface area contributed by atoms with Gasteiger partial charge in [0.2, 0.25) is 6.29 Å². The Labute approximate surface area is 49.0 Å². The van der Waals surface area contributed by atoms with E-state index in [1.807, 2.05) is 0 Å². The minimum atomic E-state index is -2.51. The molecule has 0 aromatic rings. The summed E-state index contributed by atoms with van der Waals surface area (Å²) in [6, 6.07) is 0. The van der Waals surface area contributed by atoms with Gasteiger partial charge < -0.3 is 0 Å². The predicted octanol–water partition coefficient (Wildman–Crippen LogP) is -0.736. The van der Waals surface area contributed by atoms with Crippen LogP contribution in [0.1, 0.15) is 0 Å². The SMILES string of the molecule is C=C([C]=O)C[SH](=O)=O. The molecule has 0 aliphatic carbocycles. The van der Waals surface area contributed by atoms with Crippen molar-refractivity contribution in [1.82, 2.24) is 0 Å². The number of rotatable bonds is 3. The van der Waals surface area contributed by atoms with Crippen molar-refractivity contribution in [3.05, 3.63) is 12.2 Å². The largest absolute Gasteiger partial charge is 0.285 e. The third kappa shape index (κ3) is 3.55. The highest BCUT2D eigenvalue weighted by atomic mass is 32.2. The highest BCUT2D eigenvalue weighted by Gasteiger charge is 1.91. The van der Waals surface area contributed by atoms with Crippen LogP contribution in [0.25, 0.3) is 0 Å². The van der Waals surface area contributed by atoms with Gasteiger partial charge in [-0.15, -0.1) is 0 Å². The lowest BCUT2D eigenvalue weighted by Gasteiger charge is -1.79. The molecule has 0 atom stereocenters. The van der Waals surface area contributed by atoms with E-state index >= 15 is 0 Å². The quantitative estimate of drug-likeness (QED) is 0.407. The molecule has 0 fully saturated rings. The second-order valence-corrected chi connectivity index (χ2v) is 2.18. The third-order valence-electron chi connectivity index (χ3n) is 0.464. The molecule has 3 nitrogen and oxygen atoms in total. The zero-order valence-electron chi connectivity index (χ0n) is 4.09. The van der Waals surface area contributed by atoms with Crippen molar-refractivity contribution >= 4 is 17.0 Å². The molecule has 8 heavy (non-hydrogen) atoms. The average molecular weight is 133 g/mol. The topological polar surface area (TPSA) is 51.2 Å². The molecule has 0 aliphatic rings. The summed E-state index contributed by atoms with van der Waals surface area (Å²) in [5, 5.41) is 0. The number of hydrogen-bond donors (Lipinski definition) is 1. The van der Waals surface area contributed by atoms with Crippen LogP contribution in [0.2, 0.25) is 0 Å². The maximum absolute atomic E-state index is 9.77. The fraction of sp³-hybridized carbons (Fsp3) is 0.250. The summed E-state index contributed by atoms with van der Waals surface area (Å²) in [6.07, 6.45) is 1.37. The van der Waals surface area contributed by atoms with Crippen molar-refractivity contribution in [2.75, 3.05) is 5.75 Å². The molecule has 0 spiro atoms. The van der Waals surface area contributed by atoms with E-state index < -0.39 is 10.7 Å². The lowest BCUT2D eigenvalue weighted by molar-refractivity contribution is 0.561. The first-order chi connectivity index (χ1) is 3.66. The smallest absolute Gasteiger partial charge is 0.229 e. The highest BCUT2D eigenvalue weighted by Crippen LogP contribution is 1.81. The zero-order chi connectivity index (χ0) is 6.57. The van der Waals surface area contributed by atoms with Crippen molar-refractivity contribution in [3.8, 4) is 0 Å². The van der Waals surface area contributed by atoms with Gasteiger partial charge in [0.15, 0.2) is 0 Å². The van der Waals surface area contributed by atoms with E-state index in [9.17, 15) is 13.2 Å². The molecule has 0 rings (SSSR count). The van der Waals surface area contributed by atoms with Crippen LogP contribution < -0.4 is 0 Å². The van der Waals surface area contributed by atoms with Gasteiger partial charge in [0.1, 0.15) is 10.7 Å². The van der Waals surface area contributed by atoms with E-state index in [4.69, 9.17) is 0 Å². The Kier molecular flexibility index (Phi) is 3.10. The third-order valence-corrected chi connectivity index (χ3v) is 1.10. The van der Waals surface area contributed by atoms with E-state index in [1.165, 1.54) is 6.29 Å². The maximum Gasteiger partial charge on any atom is 0.229 e. The maximum atomic E-state index is 9.77. The summed E-state index contributed by atoms with van der Waals surface area (Å²) in [5.41, 5.74) is -0.0267. The van der Waals surface area contributed by atoms with Gasteiger partial charge in [0, 0.05) is 5.57 Å². The summed E-state index contributed by atoms with van der Waals surface area (Å²) in [5.74, 6) is -0.279. The summed E-state index contributed by atoms with van der Waals surface area (Å²) in [7, 11) is -2.51. The molecular weight excluding hydrogens is 128 g/mol. The fourth-order valence-electron chi connectivity index (χ4n) is 0.188. The van der Waals surface area contributed by atoms with Crippen LogP contribution in [-0.2, 0) is 15.5 Å². The Balaban J connectivity index is 3.73. The molecule has 0 amide bonds. The van der Waals surface area contributed by atoms with Crippen molar-refractivity contribution in [3.63, 3.8) is 0 Å². The number of carbonyl (C=O) groups excluding carboxylic acids is 1. The molecular formula is C4H5O3S. The predicted molar refractivity (Wildman–Crippen MR) is 30.0 cm³/mol. The lowest BCUT2D eigenvalue weighted by Crippen LogP contribution is -1.91. The van der Waals surface area contributed by atoms with Crippen LogP contribution in [0, 0.1) is 0 Å². The number of hydrogen-bond acceptors (Lipinski definition) is 3. The van der Waals surface area contributed by atoms with Gasteiger partial charge in [-0.1, -0.05) is 6.58 Å². The Morgan fingerprint density at radius 2 is 2.12 bits per heavy atom. The number of thiol groups is 1. The first-order valence-corrected chi connectivity index (χ1v) is 3.21. The lowest BCUT2D eigenvalue weighted by atomic mass is 10.4. The molecule has 1 radical (unpaired) electrons. The second-order valence-electron chi connectivity index (χ2n) is 1.20. The summed E-state index contributed by atoms with van der Waals surface area (Å²) < 4.78 is 19.5. The van der Waals surface area contributed by atoms with Crippen LogP contribution in [0.5, 0.6) is 0 Å². The normalized spacial score (nSPS) is 9.12. The van der Waals surface area contributed by atoms with E-state index in [0.717, 1.165) is 0 Å². The monoisotopic (exact) mass is 133 g/mol. The van der Waals surface area contributed by atoms with Gasteiger partial charge in [-0.2, -0.15) is 0 Å². The average Bonchev–Trinajstić information content (AvgIpc) is 1.65. The molecule has 0 bridgehead atoms. The van der Waals surface area contributed by atoms with Crippen molar-refractivity contribution in [1.29, 1.82) is 0 Å². The summed E-state index contributed by atoms with van der Waals surface area (Å²) >= 11 is 0. The van der Waals surface area contributed by atoms with Gasteiger partial charge in [0.05, 0.1) is 5.75 Å². The van der Waals surface area contributed by atoms with Crippen molar-refractivity contribution in [2.24, 2.45) is 0 Å². The minimum absolute atomic E-state index is 0.0267. The van der Waals surface area contributed by atoms with Crippen LogP contribution >= 0.6 is 0 Å². The standard InChI is InChI=1S/C4H5O3S/c1-4(2-5)3-8(6)7/h8H,1,3H2. The molecule has 0 unspecified atom stereocenters. The Bertz CT molecular complexity index is 160. The van der Waals surface area contributed by atoms with E-state index in [2.05, 4.69) is 6.58 Å². The van der Waals surface area contributed by atoms with Crippen LogP contribution in [0.4, 0.5) is 0 Å². The van der Waals surface area contributed by atoms with Crippen LogP contribution in [-0.4, -0.2) is 20.5 Å². The van der Waals surface area contributed by atoms with Gasteiger partial charge >= 0.3 is 0 Å². The Morgan fingerprint density at radius 1 is 1.62 bits per heavy atom. The van der Waals surface area contributed by atoms with Gasteiger partial charge in [-0.25, -0.2) is 8.42 Å². The zero-order valence-corrected chi connectivity index (χ0v) is 4.98. The molecule has 0 aromatic heterocycles. The summed E-state index contributed by atoms with van der Waals surface area (Å²) in [6.45, 7) is 3.11. The van der Waals surface area contributed by atoms with E-state index in [0.29, 0.717) is 0 Å². The van der Waals surface area contributed by atoms with Crippen molar-refractivity contribution in [2.45, 2.75) is 0 Å². The van der Waals surface area contributed by atoms with Gasteiger partial charge in [0.25, 0.3) is 0 Å². The van der Waals surface area contributed by atoms with Gasteiger partial charge in [-0.05, 0) is 0 Å². The molecule has 0 aromatic carbocycles. The minimum Gasteiger partial charge on any atom is -0.285 e. The van der Waals surface area contributed by atoms with Crippen LogP contribution in [0.3, 0.4) is 0 Å². The molecule has 0 heterocycles. The van der Waals surface area contributed by atoms with E-state index in [1.54, 1.807) is 0 Å². The van der Waals surface area contributed by atoms with Crippen molar-refractivity contribution < 1.29 is 13.2 Å². The van der Waals surface area contributed by atoms with Gasteiger partial charge in [-0.3, -0.25) is 4.79 Å². The molecule has 0 saturated carbocycles. The fourth-order valence-corrected chi connectivity index (χ4v) is 0.564. The Hall–Kier alpha value is -0.640. The highest BCUT2D eigenvalue weighted by molar-refractivity contribution is 7.72. The molecule has 0 saturated heterocycles.